The van der Waals surface area contributed by atoms with E-state index in [9.17, 15) is 4.79 Å². The van der Waals surface area contributed by atoms with E-state index in [1.165, 1.54) is 0 Å². The van der Waals surface area contributed by atoms with Crippen LogP contribution in [0.5, 0.6) is 5.75 Å². The van der Waals surface area contributed by atoms with Gasteiger partial charge in [-0.25, -0.2) is 0 Å². The first kappa shape index (κ1) is 12.7. The van der Waals surface area contributed by atoms with E-state index in [2.05, 4.69) is 23.1 Å². The number of Topliss-reactive ketones (excluding diaryl/α,β-unsaturated/α-hetero) is 1. The summed E-state index contributed by atoms with van der Waals surface area (Å²) < 4.78 is 6.51. The van der Waals surface area contributed by atoms with Crippen LogP contribution in [-0.2, 0) is 0 Å². The largest absolute Gasteiger partial charge is 0.484 e. The summed E-state index contributed by atoms with van der Waals surface area (Å²) in [7, 11) is 0. The Labute approximate surface area is 129 Å². The fraction of sp³-hybridized carbons (Fsp3) is 0.421. The first-order valence-corrected chi connectivity index (χ1v) is 8.21. The van der Waals surface area contributed by atoms with Gasteiger partial charge in [-0.3, -0.25) is 9.69 Å². The molecular weight excluding hydrogens is 274 g/mol. The highest BCUT2D eigenvalue weighted by atomic mass is 16.5. The van der Waals surface area contributed by atoms with Crippen LogP contribution in [0.15, 0.2) is 36.4 Å². The Bertz CT molecular complexity index is 776. The molecule has 4 aliphatic heterocycles. The van der Waals surface area contributed by atoms with Crippen LogP contribution < -0.4 is 4.74 Å². The molecule has 3 nitrogen and oxygen atoms in total. The number of benzene rings is 2. The van der Waals surface area contributed by atoms with Crippen LogP contribution >= 0.6 is 0 Å². The van der Waals surface area contributed by atoms with Crippen LogP contribution in [0.4, 0.5) is 0 Å². The van der Waals surface area contributed by atoms with Crippen molar-refractivity contribution in [2.75, 3.05) is 19.6 Å². The van der Waals surface area contributed by atoms with Crippen LogP contribution in [0.3, 0.4) is 0 Å². The number of ketones is 1. The van der Waals surface area contributed by atoms with Gasteiger partial charge < -0.3 is 4.74 Å². The number of ether oxygens (including phenoxy) is 1. The molecule has 0 aliphatic carbocycles. The van der Waals surface area contributed by atoms with E-state index in [1.807, 2.05) is 18.2 Å². The lowest BCUT2D eigenvalue weighted by molar-refractivity contribution is -0.0958. The van der Waals surface area contributed by atoms with Crippen LogP contribution in [0.2, 0.25) is 0 Å². The topological polar surface area (TPSA) is 29.5 Å². The summed E-state index contributed by atoms with van der Waals surface area (Å²) in [6.07, 6.45) is 2.87. The van der Waals surface area contributed by atoms with Gasteiger partial charge in [-0.15, -0.1) is 0 Å². The Morgan fingerprint density at radius 1 is 1.09 bits per heavy atom. The van der Waals surface area contributed by atoms with Crippen LogP contribution in [-0.4, -0.2) is 35.9 Å². The Morgan fingerprint density at radius 3 is 2.50 bits per heavy atom. The SMILES string of the molecule is O=C1C[C@]2(CN3CCC2CC3)Oc2cc3ccccc3cc21. The molecule has 3 saturated heterocycles. The minimum atomic E-state index is -0.275. The highest BCUT2D eigenvalue weighted by molar-refractivity contribution is 6.04. The molecule has 2 aromatic carbocycles. The third kappa shape index (κ3) is 1.69. The fourth-order valence-corrected chi connectivity index (χ4v) is 4.58. The quantitative estimate of drug-likeness (QED) is 0.746. The van der Waals surface area contributed by atoms with E-state index in [1.54, 1.807) is 0 Å². The van der Waals surface area contributed by atoms with Crippen molar-refractivity contribution in [3.8, 4) is 5.75 Å². The molecule has 0 aromatic heterocycles. The lowest BCUT2D eigenvalue weighted by Crippen LogP contribution is -2.63. The number of hydrogen-bond donors (Lipinski definition) is 0. The minimum absolute atomic E-state index is 0.251. The molecule has 22 heavy (non-hydrogen) atoms. The molecule has 2 aromatic rings. The smallest absolute Gasteiger partial charge is 0.170 e. The lowest BCUT2D eigenvalue weighted by atomic mass is 9.71. The number of rotatable bonds is 0. The molecule has 1 spiro atoms. The molecule has 0 N–H and O–H groups in total. The maximum Gasteiger partial charge on any atom is 0.170 e. The summed E-state index contributed by atoms with van der Waals surface area (Å²) in [5, 5.41) is 2.26. The fourth-order valence-electron chi connectivity index (χ4n) is 4.58. The average molecular weight is 293 g/mol. The number of fused-ring (bicyclic) bond motifs is 4. The van der Waals surface area contributed by atoms with Gasteiger partial charge in [-0.2, -0.15) is 0 Å². The number of carbonyl (C=O) groups excluding carboxylic acids is 1. The van der Waals surface area contributed by atoms with Crippen molar-refractivity contribution < 1.29 is 9.53 Å². The second kappa shape index (κ2) is 4.32. The van der Waals surface area contributed by atoms with E-state index in [4.69, 9.17) is 4.74 Å². The number of piperidine rings is 3. The zero-order valence-electron chi connectivity index (χ0n) is 12.5. The standard InChI is InChI=1S/C19H19NO2/c21-17-11-19(12-20-7-5-15(19)6-8-20)22-18-10-14-4-2-1-3-13(14)9-16(17)18/h1-4,9-10,15H,5-8,11-12H2/t19-/m1/s1. The van der Waals surface area contributed by atoms with Crippen molar-refractivity contribution in [2.24, 2.45) is 5.92 Å². The van der Waals surface area contributed by atoms with Gasteiger partial charge >= 0.3 is 0 Å². The number of carbonyl (C=O) groups is 1. The van der Waals surface area contributed by atoms with E-state index in [-0.39, 0.29) is 11.4 Å². The zero-order valence-corrected chi connectivity index (χ0v) is 12.5. The third-order valence-electron chi connectivity index (χ3n) is 5.74. The first-order chi connectivity index (χ1) is 10.7. The maximum atomic E-state index is 12.8. The Hall–Kier alpha value is -1.87. The van der Waals surface area contributed by atoms with Crippen LogP contribution in [0.25, 0.3) is 10.8 Å². The van der Waals surface area contributed by atoms with Crippen molar-refractivity contribution in [2.45, 2.75) is 24.9 Å². The summed E-state index contributed by atoms with van der Waals surface area (Å²) in [5.41, 5.74) is 0.490. The summed E-state index contributed by atoms with van der Waals surface area (Å²) in [5.74, 6) is 1.57. The summed E-state index contributed by atoms with van der Waals surface area (Å²) in [6, 6.07) is 12.2. The molecule has 2 bridgehead atoms. The molecule has 0 unspecified atom stereocenters. The van der Waals surface area contributed by atoms with Crippen molar-refractivity contribution in [1.82, 2.24) is 4.90 Å². The normalized spacial score (nSPS) is 33.0. The minimum Gasteiger partial charge on any atom is -0.484 e. The Balaban J connectivity index is 1.63. The van der Waals surface area contributed by atoms with Crippen LogP contribution in [0, 0.1) is 5.92 Å². The van der Waals surface area contributed by atoms with Crippen molar-refractivity contribution in [3.05, 3.63) is 42.0 Å². The summed E-state index contributed by atoms with van der Waals surface area (Å²) >= 11 is 0. The molecule has 4 heterocycles. The molecule has 6 rings (SSSR count). The second-order valence-corrected chi connectivity index (χ2v) is 7.01. The predicted octanol–water partition coefficient (Wildman–Crippen LogP) is 3.27. The Morgan fingerprint density at radius 2 is 1.82 bits per heavy atom. The van der Waals surface area contributed by atoms with Gasteiger partial charge in [0.25, 0.3) is 0 Å². The highest BCUT2D eigenvalue weighted by Crippen LogP contribution is 2.46. The van der Waals surface area contributed by atoms with Gasteiger partial charge in [0.2, 0.25) is 0 Å². The van der Waals surface area contributed by atoms with Gasteiger partial charge in [0.05, 0.1) is 12.0 Å². The number of hydrogen-bond acceptors (Lipinski definition) is 3. The predicted molar refractivity (Wildman–Crippen MR) is 85.4 cm³/mol. The molecular formula is C19H19NO2. The summed E-state index contributed by atoms with van der Waals surface area (Å²) in [6.45, 7) is 3.23. The molecule has 4 aliphatic rings. The molecule has 0 amide bonds. The molecule has 3 heteroatoms. The van der Waals surface area contributed by atoms with Gasteiger partial charge in [-0.1, -0.05) is 24.3 Å². The van der Waals surface area contributed by atoms with E-state index in [0.29, 0.717) is 12.3 Å². The van der Waals surface area contributed by atoms with Crippen LogP contribution in [0.1, 0.15) is 29.6 Å². The van der Waals surface area contributed by atoms with E-state index < -0.39 is 0 Å². The Kier molecular flexibility index (Phi) is 2.49. The lowest BCUT2D eigenvalue weighted by Gasteiger charge is -2.54. The summed E-state index contributed by atoms with van der Waals surface area (Å²) in [4.78, 5) is 15.2. The van der Waals surface area contributed by atoms with E-state index in [0.717, 1.165) is 54.6 Å². The molecule has 1 atom stereocenters. The number of nitrogens with zero attached hydrogens (tertiary/aromatic N) is 1. The molecule has 0 radical (unpaired) electrons. The van der Waals surface area contributed by atoms with Crippen molar-refractivity contribution >= 4 is 16.6 Å². The zero-order chi connectivity index (χ0) is 14.7. The average Bonchev–Trinajstić information content (AvgIpc) is 2.54. The van der Waals surface area contributed by atoms with Crippen molar-refractivity contribution in [1.29, 1.82) is 0 Å². The van der Waals surface area contributed by atoms with E-state index >= 15 is 0 Å². The maximum absolute atomic E-state index is 12.8. The van der Waals surface area contributed by atoms with Gasteiger partial charge in [0.1, 0.15) is 11.4 Å². The van der Waals surface area contributed by atoms with Gasteiger partial charge in [-0.05, 0) is 48.8 Å². The highest BCUT2D eigenvalue weighted by Gasteiger charge is 2.52. The molecule has 3 fully saturated rings. The molecule has 112 valence electrons. The van der Waals surface area contributed by atoms with Gasteiger partial charge in [0.15, 0.2) is 5.78 Å². The van der Waals surface area contributed by atoms with Gasteiger partial charge in [0, 0.05) is 12.5 Å². The third-order valence-corrected chi connectivity index (χ3v) is 5.74. The monoisotopic (exact) mass is 293 g/mol. The first-order valence-electron chi connectivity index (χ1n) is 8.21. The molecule has 0 saturated carbocycles. The van der Waals surface area contributed by atoms with Crippen molar-refractivity contribution in [3.63, 3.8) is 0 Å². The second-order valence-electron chi connectivity index (χ2n) is 7.01.